The zero-order chi connectivity index (χ0) is 16.6. The van der Waals surface area contributed by atoms with Crippen molar-refractivity contribution in [1.29, 1.82) is 0 Å². The third-order valence-corrected chi connectivity index (χ3v) is 5.89. The number of nitrogens with zero attached hydrogens (tertiary/aromatic N) is 2. The molecule has 0 saturated carbocycles. The first kappa shape index (κ1) is 16.0. The van der Waals surface area contributed by atoms with Crippen LogP contribution in [0.1, 0.15) is 23.7 Å². The van der Waals surface area contributed by atoms with Gasteiger partial charge < -0.3 is 0 Å². The maximum Gasteiger partial charge on any atom is 0.275 e. The van der Waals surface area contributed by atoms with Gasteiger partial charge in [-0.25, -0.2) is 13.1 Å². The smallest absolute Gasteiger partial charge is 0.275 e. The van der Waals surface area contributed by atoms with Crippen LogP contribution >= 0.6 is 11.6 Å². The minimum Gasteiger partial charge on any atom is -0.299 e. The average Bonchev–Trinajstić information content (AvgIpc) is 2.99. The molecule has 0 aliphatic carbocycles. The van der Waals surface area contributed by atoms with Gasteiger partial charge in [-0.3, -0.25) is 14.9 Å². The third kappa shape index (κ3) is 3.40. The largest absolute Gasteiger partial charge is 0.299 e. The Morgan fingerprint density at radius 2 is 2.04 bits per heavy atom. The SMILES string of the molecule is Cc1[nH]n([C@H]2CCS(=O)(=O)C2)c(=O)c1C=Nc1ccc(Cl)cc1. The Morgan fingerprint density at radius 3 is 2.65 bits per heavy atom. The van der Waals surface area contributed by atoms with Crippen molar-refractivity contribution in [2.75, 3.05) is 11.5 Å². The minimum atomic E-state index is -3.05. The van der Waals surface area contributed by atoms with Crippen molar-refractivity contribution in [3.8, 4) is 0 Å². The highest BCUT2D eigenvalue weighted by molar-refractivity contribution is 7.91. The fraction of sp³-hybridized carbons (Fsp3) is 0.333. The molecule has 1 aromatic carbocycles. The molecule has 1 saturated heterocycles. The van der Waals surface area contributed by atoms with Crippen LogP contribution in [0, 0.1) is 6.92 Å². The molecule has 0 radical (unpaired) electrons. The summed E-state index contributed by atoms with van der Waals surface area (Å²) in [4.78, 5) is 16.8. The van der Waals surface area contributed by atoms with Gasteiger partial charge in [-0.2, -0.15) is 0 Å². The summed E-state index contributed by atoms with van der Waals surface area (Å²) in [6.45, 7) is 1.77. The van der Waals surface area contributed by atoms with E-state index in [-0.39, 0.29) is 23.1 Å². The van der Waals surface area contributed by atoms with Gasteiger partial charge in [0.25, 0.3) is 5.56 Å². The van der Waals surface area contributed by atoms with Gasteiger partial charge >= 0.3 is 0 Å². The fourth-order valence-corrected chi connectivity index (χ4v) is 4.46. The van der Waals surface area contributed by atoms with Crippen LogP contribution in [-0.2, 0) is 9.84 Å². The Labute approximate surface area is 138 Å². The van der Waals surface area contributed by atoms with E-state index in [0.29, 0.717) is 28.4 Å². The van der Waals surface area contributed by atoms with Gasteiger partial charge in [-0.05, 0) is 37.6 Å². The molecule has 1 aliphatic heterocycles. The summed E-state index contributed by atoms with van der Waals surface area (Å²) in [5.74, 6) is 0.122. The number of H-pyrrole nitrogens is 1. The summed E-state index contributed by atoms with van der Waals surface area (Å²) < 4.78 is 24.6. The van der Waals surface area contributed by atoms with E-state index in [1.54, 1.807) is 31.2 Å². The number of aryl methyl sites for hydroxylation is 1. The molecule has 1 fully saturated rings. The van der Waals surface area contributed by atoms with E-state index in [2.05, 4.69) is 10.1 Å². The summed E-state index contributed by atoms with van der Waals surface area (Å²) >= 11 is 5.82. The minimum absolute atomic E-state index is 0.000622. The average molecular weight is 354 g/mol. The van der Waals surface area contributed by atoms with Crippen molar-refractivity contribution < 1.29 is 8.42 Å². The van der Waals surface area contributed by atoms with Gasteiger partial charge in [-0.1, -0.05) is 11.6 Å². The highest BCUT2D eigenvalue weighted by Crippen LogP contribution is 2.22. The molecule has 23 heavy (non-hydrogen) atoms. The molecule has 2 heterocycles. The molecule has 1 atom stereocenters. The van der Waals surface area contributed by atoms with Crippen molar-refractivity contribution >= 4 is 33.3 Å². The molecule has 0 amide bonds. The van der Waals surface area contributed by atoms with E-state index in [4.69, 9.17) is 11.6 Å². The Balaban J connectivity index is 1.89. The predicted molar refractivity (Wildman–Crippen MR) is 90.8 cm³/mol. The number of benzene rings is 1. The van der Waals surface area contributed by atoms with Crippen molar-refractivity contribution in [2.24, 2.45) is 4.99 Å². The second-order valence-corrected chi connectivity index (χ2v) is 8.28. The van der Waals surface area contributed by atoms with Gasteiger partial charge in [0.15, 0.2) is 9.84 Å². The van der Waals surface area contributed by atoms with Crippen molar-refractivity contribution in [3.05, 3.63) is 50.9 Å². The Kier molecular flexibility index (Phi) is 4.16. The van der Waals surface area contributed by atoms with E-state index in [9.17, 15) is 13.2 Å². The van der Waals surface area contributed by atoms with E-state index in [0.717, 1.165) is 0 Å². The summed E-state index contributed by atoms with van der Waals surface area (Å²) in [5.41, 5.74) is 1.54. The van der Waals surface area contributed by atoms with Gasteiger partial charge in [-0.15, -0.1) is 0 Å². The molecule has 1 aliphatic rings. The molecule has 122 valence electrons. The zero-order valence-electron chi connectivity index (χ0n) is 12.5. The normalized spacial score (nSPS) is 20.3. The van der Waals surface area contributed by atoms with Crippen LogP contribution in [0.15, 0.2) is 34.1 Å². The van der Waals surface area contributed by atoms with Crippen LogP contribution in [0.5, 0.6) is 0 Å². The molecule has 0 unspecified atom stereocenters. The van der Waals surface area contributed by atoms with Crippen LogP contribution in [0.2, 0.25) is 5.02 Å². The number of aromatic amines is 1. The Bertz CT molecular complexity index is 910. The number of aromatic nitrogens is 2. The summed E-state index contributed by atoms with van der Waals surface area (Å²) in [6, 6.07) is 6.62. The number of halogens is 1. The number of sulfone groups is 1. The molecule has 1 N–H and O–H groups in total. The van der Waals surface area contributed by atoms with Gasteiger partial charge in [0.1, 0.15) is 0 Å². The number of nitrogens with one attached hydrogen (secondary N) is 1. The van der Waals surface area contributed by atoms with Crippen LogP contribution in [0.4, 0.5) is 5.69 Å². The predicted octanol–water partition coefficient (Wildman–Crippen LogP) is 2.25. The molecule has 2 aromatic rings. The molecule has 6 nitrogen and oxygen atoms in total. The number of hydrogen-bond donors (Lipinski definition) is 1. The van der Waals surface area contributed by atoms with E-state index in [1.807, 2.05) is 0 Å². The first-order valence-electron chi connectivity index (χ1n) is 7.17. The lowest BCUT2D eigenvalue weighted by molar-refractivity contribution is 0.483. The Morgan fingerprint density at radius 1 is 1.35 bits per heavy atom. The maximum atomic E-state index is 12.5. The van der Waals surface area contributed by atoms with Crippen molar-refractivity contribution in [2.45, 2.75) is 19.4 Å². The van der Waals surface area contributed by atoms with Crippen LogP contribution < -0.4 is 5.56 Å². The molecular weight excluding hydrogens is 338 g/mol. The molecular formula is C15H16ClN3O3S. The summed E-state index contributed by atoms with van der Waals surface area (Å²) in [7, 11) is -3.05. The van der Waals surface area contributed by atoms with Gasteiger partial charge in [0.05, 0.1) is 28.8 Å². The second kappa shape index (κ2) is 5.98. The molecule has 8 heteroatoms. The number of hydrogen-bond acceptors (Lipinski definition) is 4. The molecule has 0 bridgehead atoms. The molecule has 0 spiro atoms. The van der Waals surface area contributed by atoms with Crippen molar-refractivity contribution in [3.63, 3.8) is 0 Å². The topological polar surface area (TPSA) is 84.3 Å². The van der Waals surface area contributed by atoms with Crippen molar-refractivity contribution in [1.82, 2.24) is 9.78 Å². The van der Waals surface area contributed by atoms with Gasteiger partial charge in [0.2, 0.25) is 0 Å². The first-order chi connectivity index (χ1) is 10.9. The fourth-order valence-electron chi connectivity index (χ4n) is 2.64. The van der Waals surface area contributed by atoms with E-state index in [1.165, 1.54) is 10.9 Å². The lowest BCUT2D eigenvalue weighted by atomic mass is 10.2. The lowest BCUT2D eigenvalue weighted by Crippen LogP contribution is -2.25. The molecule has 3 rings (SSSR count). The van der Waals surface area contributed by atoms with E-state index >= 15 is 0 Å². The highest BCUT2D eigenvalue weighted by atomic mass is 35.5. The monoisotopic (exact) mass is 353 g/mol. The van der Waals surface area contributed by atoms with Gasteiger partial charge in [0, 0.05) is 16.9 Å². The number of aliphatic imine (C=N–C) groups is 1. The van der Waals surface area contributed by atoms with E-state index < -0.39 is 9.84 Å². The maximum absolute atomic E-state index is 12.5. The lowest BCUT2D eigenvalue weighted by Gasteiger charge is -2.07. The third-order valence-electron chi connectivity index (χ3n) is 3.88. The van der Waals surface area contributed by atoms with Crippen LogP contribution in [-0.4, -0.2) is 35.9 Å². The summed E-state index contributed by atoms with van der Waals surface area (Å²) in [5, 5.41) is 3.58. The zero-order valence-corrected chi connectivity index (χ0v) is 14.1. The van der Waals surface area contributed by atoms with Crippen LogP contribution in [0.3, 0.4) is 0 Å². The molecule has 1 aromatic heterocycles. The first-order valence-corrected chi connectivity index (χ1v) is 9.37. The Hall–Kier alpha value is -1.86. The van der Waals surface area contributed by atoms with Crippen LogP contribution in [0.25, 0.3) is 0 Å². The second-order valence-electron chi connectivity index (χ2n) is 5.62. The number of rotatable bonds is 3. The standard InChI is InChI=1S/C15H16ClN3O3S/c1-10-14(8-17-12-4-2-11(16)3-5-12)15(20)19(18-10)13-6-7-23(21,22)9-13/h2-5,8,13,18H,6-7,9H2,1H3/t13-/m0/s1. The quantitative estimate of drug-likeness (QED) is 0.859. The highest BCUT2D eigenvalue weighted by Gasteiger charge is 2.31. The summed E-state index contributed by atoms with van der Waals surface area (Å²) in [6.07, 6.45) is 1.95.